The molecule has 1 aliphatic heterocycles. The van der Waals surface area contributed by atoms with E-state index in [9.17, 15) is 0 Å². The molecule has 88 valence electrons. The summed E-state index contributed by atoms with van der Waals surface area (Å²) in [6.45, 7) is 2.11. The van der Waals surface area contributed by atoms with Gasteiger partial charge >= 0.3 is 0 Å². The number of hydrogen-bond acceptors (Lipinski definition) is 2. The molecule has 2 rings (SSSR count). The second-order valence-electron chi connectivity index (χ2n) is 5.58. The SMILES string of the molecule is CN1CC(CN)CCC1C1CCCCC1. The Balaban J connectivity index is 1.87. The van der Waals surface area contributed by atoms with E-state index in [-0.39, 0.29) is 0 Å². The van der Waals surface area contributed by atoms with Gasteiger partial charge in [-0.05, 0) is 51.1 Å². The quantitative estimate of drug-likeness (QED) is 0.757. The highest BCUT2D eigenvalue weighted by Gasteiger charge is 2.31. The summed E-state index contributed by atoms with van der Waals surface area (Å²) >= 11 is 0. The van der Waals surface area contributed by atoms with Crippen molar-refractivity contribution < 1.29 is 0 Å². The lowest BCUT2D eigenvalue weighted by Gasteiger charge is -2.42. The zero-order chi connectivity index (χ0) is 10.7. The molecule has 2 fully saturated rings. The highest BCUT2D eigenvalue weighted by Crippen LogP contribution is 2.33. The van der Waals surface area contributed by atoms with Crippen LogP contribution in [-0.2, 0) is 0 Å². The van der Waals surface area contributed by atoms with E-state index in [2.05, 4.69) is 11.9 Å². The second kappa shape index (κ2) is 5.31. The molecule has 0 aromatic carbocycles. The van der Waals surface area contributed by atoms with Crippen LogP contribution in [0.3, 0.4) is 0 Å². The largest absolute Gasteiger partial charge is 0.330 e. The fraction of sp³-hybridized carbons (Fsp3) is 1.00. The minimum Gasteiger partial charge on any atom is -0.330 e. The highest BCUT2D eigenvalue weighted by molar-refractivity contribution is 4.86. The van der Waals surface area contributed by atoms with Crippen LogP contribution in [0.25, 0.3) is 0 Å². The van der Waals surface area contributed by atoms with E-state index in [0.717, 1.165) is 24.4 Å². The molecule has 2 N–H and O–H groups in total. The molecule has 2 unspecified atom stereocenters. The summed E-state index contributed by atoms with van der Waals surface area (Å²) in [5.74, 6) is 1.75. The Hall–Kier alpha value is -0.0800. The average molecular weight is 210 g/mol. The van der Waals surface area contributed by atoms with Gasteiger partial charge in [-0.3, -0.25) is 0 Å². The van der Waals surface area contributed by atoms with E-state index in [1.165, 1.54) is 51.5 Å². The van der Waals surface area contributed by atoms with E-state index in [0.29, 0.717) is 0 Å². The smallest absolute Gasteiger partial charge is 0.0121 e. The molecule has 0 radical (unpaired) electrons. The van der Waals surface area contributed by atoms with Gasteiger partial charge in [0.15, 0.2) is 0 Å². The van der Waals surface area contributed by atoms with Gasteiger partial charge in [0.05, 0.1) is 0 Å². The Kier molecular flexibility index (Phi) is 4.04. The standard InChI is InChI=1S/C13H26N2/c1-15-10-11(9-14)7-8-13(15)12-5-3-2-4-6-12/h11-13H,2-10,14H2,1H3. The second-order valence-corrected chi connectivity index (χ2v) is 5.58. The van der Waals surface area contributed by atoms with Crippen LogP contribution in [0.5, 0.6) is 0 Å². The van der Waals surface area contributed by atoms with Gasteiger partial charge in [-0.15, -0.1) is 0 Å². The van der Waals surface area contributed by atoms with Crippen LogP contribution in [0.4, 0.5) is 0 Å². The molecule has 0 spiro atoms. The number of nitrogens with two attached hydrogens (primary N) is 1. The number of likely N-dealkylation sites (tertiary alicyclic amines) is 1. The molecular weight excluding hydrogens is 184 g/mol. The van der Waals surface area contributed by atoms with Gasteiger partial charge in [0, 0.05) is 12.6 Å². The highest BCUT2D eigenvalue weighted by atomic mass is 15.1. The molecule has 1 aliphatic carbocycles. The van der Waals surface area contributed by atoms with Crippen LogP contribution in [0.15, 0.2) is 0 Å². The first-order chi connectivity index (χ1) is 7.31. The molecule has 0 aromatic heterocycles. The van der Waals surface area contributed by atoms with Crippen molar-refractivity contribution in [2.45, 2.75) is 51.0 Å². The first-order valence-electron chi connectivity index (χ1n) is 6.71. The van der Waals surface area contributed by atoms with Crippen molar-refractivity contribution in [3.63, 3.8) is 0 Å². The monoisotopic (exact) mass is 210 g/mol. The van der Waals surface area contributed by atoms with Crippen molar-refractivity contribution in [2.24, 2.45) is 17.6 Å². The van der Waals surface area contributed by atoms with Crippen molar-refractivity contribution in [3.05, 3.63) is 0 Å². The summed E-state index contributed by atoms with van der Waals surface area (Å²) in [6, 6.07) is 0.869. The predicted octanol–water partition coefficient (Wildman–Crippen LogP) is 2.24. The normalized spacial score (nSPS) is 35.6. The van der Waals surface area contributed by atoms with Crippen LogP contribution in [0, 0.1) is 11.8 Å². The summed E-state index contributed by atoms with van der Waals surface area (Å²) in [5, 5.41) is 0. The zero-order valence-electron chi connectivity index (χ0n) is 10.1. The molecule has 2 atom stereocenters. The Morgan fingerprint density at radius 3 is 2.40 bits per heavy atom. The third kappa shape index (κ3) is 2.73. The summed E-state index contributed by atoms with van der Waals surface area (Å²) in [5.41, 5.74) is 5.76. The van der Waals surface area contributed by atoms with E-state index in [4.69, 9.17) is 5.73 Å². The first-order valence-corrected chi connectivity index (χ1v) is 6.71. The molecule has 2 heteroatoms. The van der Waals surface area contributed by atoms with E-state index in [1.54, 1.807) is 0 Å². The minimum absolute atomic E-state index is 0.759. The summed E-state index contributed by atoms with van der Waals surface area (Å²) in [6.07, 6.45) is 10.1. The van der Waals surface area contributed by atoms with E-state index >= 15 is 0 Å². The van der Waals surface area contributed by atoms with Gasteiger partial charge in [-0.1, -0.05) is 19.3 Å². The fourth-order valence-electron chi connectivity index (χ4n) is 3.57. The lowest BCUT2D eigenvalue weighted by atomic mass is 9.78. The maximum atomic E-state index is 5.76. The summed E-state index contributed by atoms with van der Waals surface area (Å²) in [7, 11) is 2.31. The summed E-state index contributed by atoms with van der Waals surface area (Å²) in [4.78, 5) is 2.59. The maximum absolute atomic E-state index is 5.76. The Bertz CT molecular complexity index is 187. The third-order valence-electron chi connectivity index (χ3n) is 4.51. The molecule has 1 saturated heterocycles. The average Bonchev–Trinajstić information content (AvgIpc) is 2.30. The predicted molar refractivity (Wildman–Crippen MR) is 64.8 cm³/mol. The number of hydrogen-bond donors (Lipinski definition) is 1. The molecular formula is C13H26N2. The van der Waals surface area contributed by atoms with E-state index < -0.39 is 0 Å². The number of nitrogens with zero attached hydrogens (tertiary/aromatic N) is 1. The third-order valence-corrected chi connectivity index (χ3v) is 4.51. The van der Waals surface area contributed by atoms with Gasteiger partial charge in [0.25, 0.3) is 0 Å². The number of rotatable bonds is 2. The lowest BCUT2D eigenvalue weighted by Crippen LogP contribution is -2.46. The molecule has 0 aromatic rings. The number of piperidine rings is 1. The Morgan fingerprint density at radius 2 is 1.80 bits per heavy atom. The van der Waals surface area contributed by atoms with Gasteiger partial charge in [0.1, 0.15) is 0 Å². The van der Waals surface area contributed by atoms with E-state index in [1.807, 2.05) is 0 Å². The zero-order valence-corrected chi connectivity index (χ0v) is 10.1. The van der Waals surface area contributed by atoms with Gasteiger partial charge < -0.3 is 10.6 Å². The van der Waals surface area contributed by atoms with Crippen molar-refractivity contribution in [3.8, 4) is 0 Å². The van der Waals surface area contributed by atoms with Crippen LogP contribution >= 0.6 is 0 Å². The Labute approximate surface area is 94.2 Å². The van der Waals surface area contributed by atoms with Gasteiger partial charge in [0.2, 0.25) is 0 Å². The molecule has 2 aliphatic rings. The van der Waals surface area contributed by atoms with Crippen LogP contribution < -0.4 is 5.73 Å². The lowest BCUT2D eigenvalue weighted by molar-refractivity contribution is 0.0789. The van der Waals surface area contributed by atoms with Crippen molar-refractivity contribution in [1.82, 2.24) is 4.90 Å². The molecule has 15 heavy (non-hydrogen) atoms. The topological polar surface area (TPSA) is 29.3 Å². The molecule has 2 nitrogen and oxygen atoms in total. The molecule has 1 saturated carbocycles. The van der Waals surface area contributed by atoms with Gasteiger partial charge in [-0.2, -0.15) is 0 Å². The van der Waals surface area contributed by atoms with Crippen molar-refractivity contribution >= 4 is 0 Å². The fourth-order valence-corrected chi connectivity index (χ4v) is 3.57. The van der Waals surface area contributed by atoms with Crippen LogP contribution in [0.1, 0.15) is 44.9 Å². The first kappa shape index (κ1) is 11.4. The molecule has 0 bridgehead atoms. The summed E-state index contributed by atoms with van der Waals surface area (Å²) < 4.78 is 0. The molecule has 1 heterocycles. The van der Waals surface area contributed by atoms with Crippen molar-refractivity contribution in [1.29, 1.82) is 0 Å². The maximum Gasteiger partial charge on any atom is 0.0121 e. The van der Waals surface area contributed by atoms with Crippen molar-refractivity contribution in [2.75, 3.05) is 20.1 Å². The minimum atomic E-state index is 0.759. The Morgan fingerprint density at radius 1 is 1.07 bits per heavy atom. The molecule has 0 amide bonds. The van der Waals surface area contributed by atoms with Gasteiger partial charge in [-0.25, -0.2) is 0 Å². The van der Waals surface area contributed by atoms with Crippen LogP contribution in [0.2, 0.25) is 0 Å². The van der Waals surface area contributed by atoms with Crippen LogP contribution in [-0.4, -0.2) is 31.1 Å².